The molecule has 2 aromatic carbocycles. The van der Waals surface area contributed by atoms with E-state index in [-0.39, 0.29) is 29.9 Å². The summed E-state index contributed by atoms with van der Waals surface area (Å²) in [6.07, 6.45) is 2.57. The molecule has 10 heteroatoms. The quantitative estimate of drug-likeness (QED) is 0.118. The maximum absolute atomic E-state index is 13.2. The maximum Gasteiger partial charge on any atom is 0.245 e. The normalized spacial score (nSPS) is 14.9. The molecule has 0 heterocycles. The zero-order valence-corrected chi connectivity index (χ0v) is 31.0. The van der Waals surface area contributed by atoms with Crippen LogP contribution in [0.4, 0.5) is 0 Å². The summed E-state index contributed by atoms with van der Waals surface area (Å²) in [6, 6.07) is 9.95. The molecule has 0 bridgehead atoms. The smallest absolute Gasteiger partial charge is 0.245 e. The Hall–Kier alpha value is -3.28. The van der Waals surface area contributed by atoms with Gasteiger partial charge in [0.1, 0.15) is 23.5 Å². The second-order valence-electron chi connectivity index (χ2n) is 14.6. The van der Waals surface area contributed by atoms with Gasteiger partial charge in [0.2, 0.25) is 11.8 Å². The predicted octanol–water partition coefficient (Wildman–Crippen LogP) is 3.81. The van der Waals surface area contributed by atoms with Crippen molar-refractivity contribution >= 4 is 17.9 Å². The number of benzene rings is 2. The number of hydrogen-bond acceptors (Lipinski definition) is 8. The van der Waals surface area contributed by atoms with E-state index < -0.39 is 35.9 Å². The van der Waals surface area contributed by atoms with Gasteiger partial charge in [-0.2, -0.15) is 0 Å². The average Bonchev–Trinajstić information content (AvgIpc) is 3.03. The summed E-state index contributed by atoms with van der Waals surface area (Å²) in [5.41, 5.74) is 3.95. The number of aliphatic hydroxyl groups excluding tert-OH is 4. The summed E-state index contributed by atoms with van der Waals surface area (Å²) in [7, 11) is 3.86. The van der Waals surface area contributed by atoms with E-state index in [4.69, 9.17) is 0 Å². The third-order valence-electron chi connectivity index (χ3n) is 9.17. The van der Waals surface area contributed by atoms with Crippen LogP contribution in [0.2, 0.25) is 0 Å². The van der Waals surface area contributed by atoms with E-state index >= 15 is 0 Å². The van der Waals surface area contributed by atoms with Gasteiger partial charge in [-0.05, 0) is 120 Å². The Morgan fingerprint density at radius 3 is 2.18 bits per heavy atom. The maximum atomic E-state index is 13.2. The third kappa shape index (κ3) is 12.2. The van der Waals surface area contributed by atoms with Gasteiger partial charge in [0, 0.05) is 13.1 Å². The first-order chi connectivity index (χ1) is 22.9. The topological polar surface area (TPSA) is 163 Å². The van der Waals surface area contributed by atoms with Gasteiger partial charge in [-0.3, -0.25) is 9.59 Å². The predicted molar refractivity (Wildman–Crippen MR) is 195 cm³/mol. The molecule has 0 aliphatic heterocycles. The van der Waals surface area contributed by atoms with Crippen LogP contribution < -0.4 is 10.6 Å². The van der Waals surface area contributed by atoms with Crippen molar-refractivity contribution < 1.29 is 35.1 Å². The number of hydrogen-bond donors (Lipinski definition) is 7. The van der Waals surface area contributed by atoms with E-state index in [2.05, 4.69) is 29.7 Å². The van der Waals surface area contributed by atoms with Crippen LogP contribution in [0.5, 0.6) is 5.75 Å². The minimum atomic E-state index is -1.49. The van der Waals surface area contributed by atoms with Crippen molar-refractivity contribution in [3.63, 3.8) is 0 Å². The van der Waals surface area contributed by atoms with Crippen molar-refractivity contribution in [1.29, 1.82) is 0 Å². The highest BCUT2D eigenvalue weighted by Crippen LogP contribution is 2.36. The first-order valence-electron chi connectivity index (χ1n) is 17.4. The fraction of sp³-hybridized carbons (Fsp3) is 0.590. The number of amides is 2. The molecule has 0 aliphatic rings. The Morgan fingerprint density at radius 2 is 1.61 bits per heavy atom. The van der Waals surface area contributed by atoms with Gasteiger partial charge in [-0.15, -0.1) is 0 Å². The second-order valence-corrected chi connectivity index (χ2v) is 14.6. The molecule has 2 rings (SSSR count). The Kier molecular flexibility index (Phi) is 15.9. The highest BCUT2D eigenvalue weighted by Gasteiger charge is 2.34. The van der Waals surface area contributed by atoms with Crippen molar-refractivity contribution in [3.05, 3.63) is 69.8 Å². The van der Waals surface area contributed by atoms with Gasteiger partial charge in [-0.25, -0.2) is 0 Å². The summed E-state index contributed by atoms with van der Waals surface area (Å²) < 4.78 is 0. The molecule has 0 saturated carbocycles. The number of phenolic OH excluding ortho intramolecular Hbond substituents is 1. The van der Waals surface area contributed by atoms with Crippen LogP contribution in [-0.4, -0.2) is 99.9 Å². The average molecular weight is 684 g/mol. The van der Waals surface area contributed by atoms with Crippen molar-refractivity contribution in [2.24, 2.45) is 5.41 Å². The molecule has 0 fully saturated rings. The molecule has 49 heavy (non-hydrogen) atoms. The van der Waals surface area contributed by atoms with Gasteiger partial charge in [0.25, 0.3) is 0 Å². The van der Waals surface area contributed by atoms with E-state index in [1.165, 1.54) is 0 Å². The molecule has 0 saturated heterocycles. The van der Waals surface area contributed by atoms with E-state index in [9.17, 15) is 35.1 Å². The lowest BCUT2D eigenvalue weighted by molar-refractivity contribution is -0.135. The number of aliphatic hydroxyl groups is 4. The van der Waals surface area contributed by atoms with Crippen LogP contribution in [0.15, 0.2) is 36.4 Å². The molecular weight excluding hydrogens is 622 g/mol. The van der Waals surface area contributed by atoms with E-state index in [1.54, 1.807) is 19.9 Å². The number of aromatic hydroxyl groups is 1. The number of likely N-dealkylation sites (N-methyl/N-ethyl adjacent to an activating group) is 1. The van der Waals surface area contributed by atoms with Crippen LogP contribution in [0.3, 0.4) is 0 Å². The van der Waals surface area contributed by atoms with Crippen LogP contribution in [0.1, 0.15) is 100 Å². The molecule has 4 atom stereocenters. The van der Waals surface area contributed by atoms with Crippen molar-refractivity contribution in [3.8, 4) is 5.75 Å². The minimum Gasteiger partial charge on any atom is -0.508 e. The molecule has 0 aromatic heterocycles. The lowest BCUT2D eigenvalue weighted by atomic mass is 9.84. The van der Waals surface area contributed by atoms with Crippen LogP contribution in [0.25, 0.3) is 6.08 Å². The minimum absolute atomic E-state index is 0.116. The van der Waals surface area contributed by atoms with Crippen LogP contribution in [-0.2, 0) is 22.4 Å². The monoisotopic (exact) mass is 683 g/mol. The lowest BCUT2D eigenvalue weighted by Crippen LogP contribution is -2.57. The van der Waals surface area contributed by atoms with E-state index in [0.29, 0.717) is 31.5 Å². The first kappa shape index (κ1) is 41.9. The summed E-state index contributed by atoms with van der Waals surface area (Å²) in [5.74, 6) is -0.632. The van der Waals surface area contributed by atoms with Crippen molar-refractivity contribution in [1.82, 2.24) is 15.5 Å². The van der Waals surface area contributed by atoms with Gasteiger partial charge in [0.15, 0.2) is 0 Å². The lowest BCUT2D eigenvalue weighted by Gasteiger charge is -2.30. The zero-order chi connectivity index (χ0) is 37.1. The number of carbonyl (C=O) groups excluding carboxylic acids is 2. The van der Waals surface area contributed by atoms with Gasteiger partial charge in [0.05, 0.1) is 18.1 Å². The van der Waals surface area contributed by atoms with E-state index in [0.717, 1.165) is 40.7 Å². The molecule has 274 valence electrons. The number of aryl methyl sites for hydroxylation is 2. The number of rotatable bonds is 19. The fourth-order valence-electron chi connectivity index (χ4n) is 5.72. The molecule has 2 amide bonds. The number of phenols is 1. The summed E-state index contributed by atoms with van der Waals surface area (Å²) in [6.45, 7) is 13.6. The molecule has 0 aliphatic carbocycles. The van der Waals surface area contributed by atoms with Crippen molar-refractivity contribution in [2.75, 3.05) is 33.8 Å². The molecule has 10 nitrogen and oxygen atoms in total. The molecule has 0 radical (unpaired) electrons. The SMILES string of the molecule is CCCc1cc(O)c(C(CC)CC(O)C(O)C(O)CO)cc1Cc1ccc(C=CC(C)(C)C(=O)NC(C)(C)C(=O)NCCN(C)C)cc1C. The number of nitrogens with zero attached hydrogens (tertiary/aromatic N) is 1. The summed E-state index contributed by atoms with van der Waals surface area (Å²) >= 11 is 0. The zero-order valence-electron chi connectivity index (χ0n) is 31.0. The summed E-state index contributed by atoms with van der Waals surface area (Å²) in [5, 5.41) is 56.6. The van der Waals surface area contributed by atoms with Crippen molar-refractivity contribution in [2.45, 2.75) is 110 Å². The Labute approximate surface area is 293 Å². The highest BCUT2D eigenvalue weighted by atomic mass is 16.4. The van der Waals surface area contributed by atoms with Crippen LogP contribution >= 0.6 is 0 Å². The number of carbonyl (C=O) groups is 2. The van der Waals surface area contributed by atoms with Gasteiger partial charge >= 0.3 is 0 Å². The number of nitrogens with one attached hydrogen (secondary N) is 2. The van der Waals surface area contributed by atoms with Crippen LogP contribution in [0, 0.1) is 12.3 Å². The Morgan fingerprint density at radius 1 is 0.939 bits per heavy atom. The molecule has 7 N–H and O–H groups in total. The Bertz CT molecular complexity index is 1420. The molecule has 0 spiro atoms. The van der Waals surface area contributed by atoms with Gasteiger partial charge in [-0.1, -0.05) is 56.7 Å². The first-order valence-corrected chi connectivity index (χ1v) is 17.4. The summed E-state index contributed by atoms with van der Waals surface area (Å²) in [4.78, 5) is 27.9. The third-order valence-corrected chi connectivity index (χ3v) is 9.17. The second kappa shape index (κ2) is 18.6. The largest absolute Gasteiger partial charge is 0.508 e. The highest BCUT2D eigenvalue weighted by molar-refractivity contribution is 5.93. The molecular formula is C39H61N3O7. The standard InChI is InChI=1S/C39H61N3O7/c1-10-12-29-23-32(44)31(27(11-2)22-33(45)35(47)34(46)24-43)21-30(29)20-28-14-13-26(19-25(28)3)15-16-38(4,5)36(48)41-39(6,7)37(49)40-17-18-42(8)9/h13-16,19,21,23,27,33-35,43-47H,10-12,17-18,20,22,24H2,1-9H3,(H,40,49)(H,41,48). The fourth-order valence-corrected chi connectivity index (χ4v) is 5.72. The molecule has 2 aromatic rings. The Balaban J connectivity index is 2.26. The molecule has 4 unspecified atom stereocenters. The van der Waals surface area contributed by atoms with Gasteiger partial charge < -0.3 is 41.1 Å². The van der Waals surface area contributed by atoms with E-state index in [1.807, 2.05) is 71.0 Å².